The molecular formula is C25H32N2O6. The van der Waals surface area contributed by atoms with Gasteiger partial charge in [-0.3, -0.25) is 9.59 Å². The van der Waals surface area contributed by atoms with Crippen molar-refractivity contribution in [2.24, 2.45) is 5.41 Å². The molecule has 1 aliphatic rings. The second-order valence-corrected chi connectivity index (χ2v) is 9.11. The van der Waals surface area contributed by atoms with Crippen LogP contribution in [0.5, 0.6) is 5.75 Å². The van der Waals surface area contributed by atoms with E-state index < -0.39 is 24.1 Å². The number of benzene rings is 1. The maximum Gasteiger partial charge on any atom is 0.413 e. The van der Waals surface area contributed by atoms with E-state index in [1.54, 1.807) is 0 Å². The topological polar surface area (TPSA) is 107 Å². The molecule has 2 amide bonds. The Morgan fingerprint density at radius 2 is 1.97 bits per heavy atom. The summed E-state index contributed by atoms with van der Waals surface area (Å²) in [7, 11) is 0. The minimum atomic E-state index is -0.888. The van der Waals surface area contributed by atoms with Gasteiger partial charge >= 0.3 is 6.09 Å². The number of Topliss-reactive ketones (excluding diaryl/α,β-unsaturated/α-hetero) is 1. The molecule has 2 aromatic rings. The van der Waals surface area contributed by atoms with E-state index >= 15 is 0 Å². The van der Waals surface area contributed by atoms with Gasteiger partial charge in [0.15, 0.2) is 11.5 Å². The molecule has 1 fully saturated rings. The third-order valence-electron chi connectivity index (χ3n) is 5.86. The Morgan fingerprint density at radius 3 is 2.64 bits per heavy atom. The van der Waals surface area contributed by atoms with Crippen molar-refractivity contribution in [3.63, 3.8) is 0 Å². The number of carbonyl (C=O) groups excluding carboxylic acids is 3. The highest BCUT2D eigenvalue weighted by Gasteiger charge is 2.38. The van der Waals surface area contributed by atoms with Crippen molar-refractivity contribution in [2.75, 3.05) is 6.61 Å². The lowest BCUT2D eigenvalue weighted by Crippen LogP contribution is -2.54. The Kier molecular flexibility index (Phi) is 8.27. The molecule has 2 unspecified atom stereocenters. The fraction of sp³-hybridized carbons (Fsp3) is 0.480. The summed E-state index contributed by atoms with van der Waals surface area (Å²) >= 11 is 0. The third kappa shape index (κ3) is 7.18. The Hall–Kier alpha value is -3.13. The molecule has 1 aliphatic heterocycles. The Morgan fingerprint density at radius 1 is 1.21 bits per heavy atom. The normalized spacial score (nSPS) is 19.2. The molecule has 1 aromatic heterocycles. The lowest BCUT2D eigenvalue weighted by molar-refractivity contribution is -0.128. The summed E-state index contributed by atoms with van der Waals surface area (Å²) in [6, 6.07) is 9.99. The number of amides is 2. The van der Waals surface area contributed by atoms with Gasteiger partial charge in [0.2, 0.25) is 5.91 Å². The Labute approximate surface area is 194 Å². The summed E-state index contributed by atoms with van der Waals surface area (Å²) in [4.78, 5) is 37.9. The molecule has 0 bridgehead atoms. The maximum absolute atomic E-state index is 13.2. The number of ketones is 1. The first-order valence-corrected chi connectivity index (χ1v) is 11.3. The van der Waals surface area contributed by atoms with Gasteiger partial charge in [0.1, 0.15) is 25.0 Å². The molecule has 3 atom stereocenters. The number of hydrogen-bond acceptors (Lipinski definition) is 6. The highest BCUT2D eigenvalue weighted by atomic mass is 16.6. The van der Waals surface area contributed by atoms with Crippen molar-refractivity contribution in [3.05, 3.63) is 54.5 Å². The van der Waals surface area contributed by atoms with Crippen LogP contribution in [-0.2, 0) is 20.7 Å². The minimum absolute atomic E-state index is 0.0212. The molecule has 0 radical (unpaired) electrons. The van der Waals surface area contributed by atoms with Crippen LogP contribution in [0.1, 0.15) is 45.6 Å². The first kappa shape index (κ1) is 24.5. The van der Waals surface area contributed by atoms with Gasteiger partial charge in [-0.1, -0.05) is 51.1 Å². The fourth-order valence-corrected chi connectivity index (χ4v) is 3.94. The largest absolute Gasteiger partial charge is 0.469 e. The molecule has 8 nitrogen and oxygen atoms in total. The van der Waals surface area contributed by atoms with E-state index in [-0.39, 0.29) is 29.7 Å². The van der Waals surface area contributed by atoms with E-state index in [4.69, 9.17) is 13.9 Å². The van der Waals surface area contributed by atoms with Crippen molar-refractivity contribution in [2.45, 2.75) is 64.6 Å². The van der Waals surface area contributed by atoms with Crippen molar-refractivity contribution < 1.29 is 28.3 Å². The van der Waals surface area contributed by atoms with Gasteiger partial charge in [-0.15, -0.1) is 0 Å². The predicted octanol–water partition coefficient (Wildman–Crippen LogP) is 3.65. The summed E-state index contributed by atoms with van der Waals surface area (Å²) in [5, 5.41) is 5.45. The Bertz CT molecular complexity index is 926. The van der Waals surface area contributed by atoms with E-state index in [0.29, 0.717) is 12.8 Å². The Balaban J connectivity index is 1.68. The van der Waals surface area contributed by atoms with Crippen molar-refractivity contribution in [3.8, 4) is 5.75 Å². The van der Waals surface area contributed by atoms with Crippen molar-refractivity contribution in [1.82, 2.24) is 10.6 Å². The van der Waals surface area contributed by atoms with Gasteiger partial charge in [0.05, 0.1) is 12.4 Å². The number of hydrogen-bond donors (Lipinski definition) is 2. The lowest BCUT2D eigenvalue weighted by Gasteiger charge is -2.30. The van der Waals surface area contributed by atoms with Crippen LogP contribution in [0.2, 0.25) is 0 Å². The van der Waals surface area contributed by atoms with Gasteiger partial charge in [-0.25, -0.2) is 4.79 Å². The summed E-state index contributed by atoms with van der Waals surface area (Å²) in [6.45, 7) is 5.98. The maximum atomic E-state index is 13.2. The highest BCUT2D eigenvalue weighted by Crippen LogP contribution is 2.29. The number of rotatable bonds is 10. The minimum Gasteiger partial charge on any atom is -0.469 e. The van der Waals surface area contributed by atoms with Gasteiger partial charge in [-0.2, -0.15) is 0 Å². The van der Waals surface area contributed by atoms with Crippen molar-refractivity contribution in [1.29, 1.82) is 0 Å². The van der Waals surface area contributed by atoms with Crippen LogP contribution in [-0.4, -0.2) is 42.6 Å². The summed E-state index contributed by atoms with van der Waals surface area (Å²) in [5.74, 6) is -0.368. The van der Waals surface area contributed by atoms with E-state index in [1.807, 2.05) is 25.1 Å². The SMILES string of the molecule is CCC1OCC(=O)C1NC(=O)[C@H](CC(C)(C)CCc1ccccc1)NC(=O)Oc1ccoc1. The fourth-order valence-electron chi connectivity index (χ4n) is 3.94. The van der Waals surface area contributed by atoms with Crippen LogP contribution in [0.25, 0.3) is 0 Å². The van der Waals surface area contributed by atoms with Crippen molar-refractivity contribution >= 4 is 17.8 Å². The monoisotopic (exact) mass is 456 g/mol. The number of furan rings is 1. The molecule has 1 saturated heterocycles. The van der Waals surface area contributed by atoms with Crippen LogP contribution >= 0.6 is 0 Å². The van der Waals surface area contributed by atoms with Gasteiger partial charge < -0.3 is 24.5 Å². The number of carbonyl (C=O) groups is 3. The zero-order chi connectivity index (χ0) is 23.8. The summed E-state index contributed by atoms with van der Waals surface area (Å²) in [5.41, 5.74) is 0.930. The van der Waals surface area contributed by atoms with Crippen LogP contribution in [0, 0.1) is 5.41 Å². The van der Waals surface area contributed by atoms with Gasteiger partial charge in [0.25, 0.3) is 0 Å². The van der Waals surface area contributed by atoms with Gasteiger partial charge in [-0.05, 0) is 36.7 Å². The number of aryl methyl sites for hydroxylation is 1. The molecule has 8 heteroatoms. The third-order valence-corrected chi connectivity index (χ3v) is 5.86. The molecule has 3 rings (SSSR count). The van der Waals surface area contributed by atoms with Crippen LogP contribution in [0.4, 0.5) is 4.79 Å². The quantitative estimate of drug-likeness (QED) is 0.565. The predicted molar refractivity (Wildman–Crippen MR) is 122 cm³/mol. The smallest absolute Gasteiger partial charge is 0.413 e. The van der Waals surface area contributed by atoms with Gasteiger partial charge in [0, 0.05) is 6.07 Å². The first-order chi connectivity index (χ1) is 15.8. The molecular weight excluding hydrogens is 424 g/mol. The second-order valence-electron chi connectivity index (χ2n) is 9.11. The second kappa shape index (κ2) is 11.1. The van der Waals surface area contributed by atoms with Crippen LogP contribution in [0.3, 0.4) is 0 Å². The summed E-state index contributed by atoms with van der Waals surface area (Å²) in [6.07, 6.45) is 4.15. The lowest BCUT2D eigenvalue weighted by atomic mass is 9.80. The number of ether oxygens (including phenoxy) is 2. The molecule has 0 saturated carbocycles. The molecule has 2 N–H and O–H groups in total. The van der Waals surface area contributed by atoms with E-state index in [1.165, 1.54) is 24.2 Å². The zero-order valence-corrected chi connectivity index (χ0v) is 19.3. The molecule has 0 aliphatic carbocycles. The van der Waals surface area contributed by atoms with E-state index in [0.717, 1.165) is 12.8 Å². The van der Waals surface area contributed by atoms with Crippen LogP contribution in [0.15, 0.2) is 53.3 Å². The zero-order valence-electron chi connectivity index (χ0n) is 19.3. The van der Waals surface area contributed by atoms with E-state index in [2.05, 4.69) is 36.6 Å². The first-order valence-electron chi connectivity index (χ1n) is 11.3. The molecule has 1 aromatic carbocycles. The molecule has 0 spiro atoms. The average Bonchev–Trinajstić information content (AvgIpc) is 3.42. The highest BCUT2D eigenvalue weighted by molar-refractivity contribution is 5.94. The van der Waals surface area contributed by atoms with Crippen LogP contribution < -0.4 is 15.4 Å². The van der Waals surface area contributed by atoms with E-state index in [9.17, 15) is 14.4 Å². The average molecular weight is 457 g/mol. The molecule has 2 heterocycles. The molecule has 33 heavy (non-hydrogen) atoms. The summed E-state index contributed by atoms with van der Waals surface area (Å²) < 4.78 is 15.6. The standard InChI is InChI=1S/C25H32N2O6/c1-4-21-22(20(28)16-32-21)27-23(29)19(26-24(30)33-18-11-13-31-15-18)14-25(2,3)12-10-17-8-6-5-7-9-17/h5-9,11,13,15,19,21-22H,4,10,12,14,16H2,1-3H3,(H,26,30)(H,27,29)/t19-,21?,22?/m0/s1. The molecule has 178 valence electrons. The number of nitrogens with one attached hydrogen (secondary N) is 2.